The van der Waals surface area contributed by atoms with Crippen molar-refractivity contribution in [3.05, 3.63) is 54.1 Å². The van der Waals surface area contributed by atoms with E-state index in [1.54, 1.807) is 19.3 Å². The quantitative estimate of drug-likeness (QED) is 0.290. The van der Waals surface area contributed by atoms with Crippen molar-refractivity contribution in [2.24, 2.45) is 4.99 Å². The third kappa shape index (κ3) is 6.64. The molecule has 2 N–H and O–H groups in total. The average molecular weight is 459 g/mol. The van der Waals surface area contributed by atoms with Gasteiger partial charge < -0.3 is 10.6 Å². The van der Waals surface area contributed by atoms with Gasteiger partial charge in [-0.1, -0.05) is 32.0 Å². The van der Waals surface area contributed by atoms with Crippen LogP contribution in [0.3, 0.4) is 0 Å². The number of rotatable bonds is 7. The van der Waals surface area contributed by atoms with E-state index in [9.17, 15) is 4.39 Å². The summed E-state index contributed by atoms with van der Waals surface area (Å²) in [6.07, 6.45) is 4.67. The molecule has 0 amide bonds. The molecule has 7 heteroatoms. The van der Waals surface area contributed by atoms with Crippen molar-refractivity contribution in [3.63, 3.8) is 0 Å². The first kappa shape index (κ1) is 21.4. The van der Waals surface area contributed by atoms with Crippen molar-refractivity contribution in [2.45, 2.75) is 32.2 Å². The van der Waals surface area contributed by atoms with Crippen molar-refractivity contribution in [1.29, 1.82) is 0 Å². The van der Waals surface area contributed by atoms with Crippen LogP contribution in [0.1, 0.15) is 25.8 Å². The third-order valence-corrected chi connectivity index (χ3v) is 3.94. The van der Waals surface area contributed by atoms with E-state index in [1.807, 2.05) is 42.9 Å². The van der Waals surface area contributed by atoms with Crippen LogP contribution in [0.15, 0.2) is 47.7 Å². The van der Waals surface area contributed by atoms with Crippen molar-refractivity contribution in [2.75, 3.05) is 20.1 Å². The highest BCUT2D eigenvalue weighted by atomic mass is 127. The molecule has 0 aliphatic rings. The van der Waals surface area contributed by atoms with E-state index in [2.05, 4.69) is 20.7 Å². The molecule has 0 fully saturated rings. The minimum atomic E-state index is -0.335. The number of hydrogen-bond donors (Lipinski definition) is 2. The van der Waals surface area contributed by atoms with E-state index >= 15 is 0 Å². The summed E-state index contributed by atoms with van der Waals surface area (Å²) >= 11 is 0. The predicted octanol–water partition coefficient (Wildman–Crippen LogP) is 3.17. The zero-order chi connectivity index (χ0) is 17.4. The molecule has 25 heavy (non-hydrogen) atoms. The second-order valence-corrected chi connectivity index (χ2v) is 6.34. The molecule has 138 valence electrons. The summed E-state index contributed by atoms with van der Waals surface area (Å²) in [5.74, 6) is 0.548. The number of aryl methyl sites for hydroxylation is 1. The van der Waals surface area contributed by atoms with Gasteiger partial charge in [0.05, 0.1) is 0 Å². The van der Waals surface area contributed by atoms with Gasteiger partial charge in [-0.15, -0.1) is 24.0 Å². The van der Waals surface area contributed by atoms with Gasteiger partial charge in [0.1, 0.15) is 5.82 Å². The maximum Gasteiger partial charge on any atom is 0.191 e. The number of guanidine groups is 1. The van der Waals surface area contributed by atoms with Gasteiger partial charge >= 0.3 is 0 Å². The van der Waals surface area contributed by atoms with E-state index in [1.165, 1.54) is 6.07 Å². The minimum Gasteiger partial charge on any atom is -0.356 e. The van der Waals surface area contributed by atoms with Crippen LogP contribution in [0.25, 0.3) is 0 Å². The Morgan fingerprint density at radius 3 is 2.64 bits per heavy atom. The molecule has 1 heterocycles. The van der Waals surface area contributed by atoms with E-state index in [4.69, 9.17) is 0 Å². The Hall–Kier alpha value is -1.64. The van der Waals surface area contributed by atoms with E-state index in [-0.39, 0.29) is 35.2 Å². The fraction of sp³-hybridized carbons (Fsp3) is 0.444. The second kappa shape index (κ2) is 10.4. The Morgan fingerprint density at radius 1 is 1.24 bits per heavy atom. The highest BCUT2D eigenvalue weighted by molar-refractivity contribution is 14.0. The molecular weight excluding hydrogens is 432 g/mol. The van der Waals surface area contributed by atoms with Gasteiger partial charge in [-0.2, -0.15) is 5.10 Å². The minimum absolute atomic E-state index is 0. The second-order valence-electron chi connectivity index (χ2n) is 6.34. The normalized spacial score (nSPS) is 11.8. The molecular formula is C18H27FIN5. The summed E-state index contributed by atoms with van der Waals surface area (Å²) < 4.78 is 15.9. The number of halogens is 2. The van der Waals surface area contributed by atoms with Crippen LogP contribution in [0.2, 0.25) is 0 Å². The monoisotopic (exact) mass is 459 g/mol. The third-order valence-electron chi connectivity index (χ3n) is 3.94. The van der Waals surface area contributed by atoms with E-state index in [0.717, 1.165) is 25.5 Å². The Labute approximate surface area is 166 Å². The van der Waals surface area contributed by atoms with E-state index < -0.39 is 0 Å². The Bertz CT molecular complexity index is 655. The van der Waals surface area contributed by atoms with Crippen LogP contribution < -0.4 is 10.6 Å². The van der Waals surface area contributed by atoms with Gasteiger partial charge in [-0.3, -0.25) is 9.67 Å². The summed E-state index contributed by atoms with van der Waals surface area (Å²) in [6.45, 7) is 6.27. The standard InChI is InChI=1S/C18H26FN5.HI/c1-18(2,15-8-4-5-9-16(15)19)14-22-17(20-3)21-10-6-12-24-13-7-11-23-24;/h4-5,7-9,11,13H,6,10,12,14H2,1-3H3,(H2,20,21,22);1H. The van der Waals surface area contributed by atoms with Crippen molar-refractivity contribution in [1.82, 2.24) is 20.4 Å². The Kier molecular flexibility index (Phi) is 8.88. The van der Waals surface area contributed by atoms with Gasteiger partial charge in [0.15, 0.2) is 5.96 Å². The Balaban J connectivity index is 0.00000312. The number of aromatic nitrogens is 2. The first-order chi connectivity index (χ1) is 11.5. The lowest BCUT2D eigenvalue weighted by atomic mass is 9.84. The maximum atomic E-state index is 14.0. The van der Waals surface area contributed by atoms with Crippen LogP contribution in [-0.2, 0) is 12.0 Å². The molecule has 0 saturated carbocycles. The van der Waals surface area contributed by atoms with Crippen molar-refractivity contribution in [3.8, 4) is 0 Å². The average Bonchev–Trinajstić information content (AvgIpc) is 3.08. The lowest BCUT2D eigenvalue weighted by Crippen LogP contribution is -2.44. The Morgan fingerprint density at radius 2 is 2.00 bits per heavy atom. The molecule has 0 radical (unpaired) electrons. The summed E-state index contributed by atoms with van der Waals surface area (Å²) in [5.41, 5.74) is 0.365. The van der Waals surface area contributed by atoms with Crippen LogP contribution in [0, 0.1) is 5.82 Å². The number of hydrogen-bond acceptors (Lipinski definition) is 2. The van der Waals surface area contributed by atoms with Gasteiger partial charge in [-0.25, -0.2) is 4.39 Å². The molecule has 1 aromatic heterocycles. The van der Waals surface area contributed by atoms with Gasteiger partial charge in [0.2, 0.25) is 0 Å². The molecule has 0 spiro atoms. The molecule has 0 atom stereocenters. The van der Waals surface area contributed by atoms with Crippen LogP contribution in [0.5, 0.6) is 0 Å². The number of nitrogens with zero attached hydrogens (tertiary/aromatic N) is 3. The molecule has 0 saturated heterocycles. The molecule has 2 rings (SSSR count). The summed E-state index contributed by atoms with van der Waals surface area (Å²) in [5, 5.41) is 10.7. The number of aliphatic imine (C=N–C) groups is 1. The summed E-state index contributed by atoms with van der Waals surface area (Å²) in [6, 6.07) is 8.82. The van der Waals surface area contributed by atoms with Gasteiger partial charge in [0.25, 0.3) is 0 Å². The van der Waals surface area contributed by atoms with Crippen LogP contribution in [-0.4, -0.2) is 35.9 Å². The van der Waals surface area contributed by atoms with Crippen LogP contribution >= 0.6 is 24.0 Å². The largest absolute Gasteiger partial charge is 0.356 e. The zero-order valence-corrected chi connectivity index (χ0v) is 17.3. The number of benzene rings is 1. The fourth-order valence-electron chi connectivity index (χ4n) is 2.51. The van der Waals surface area contributed by atoms with Gasteiger partial charge in [0, 0.05) is 44.5 Å². The topological polar surface area (TPSA) is 54.2 Å². The lowest BCUT2D eigenvalue weighted by Gasteiger charge is -2.27. The van der Waals surface area contributed by atoms with Crippen molar-refractivity contribution < 1.29 is 4.39 Å². The molecule has 0 aliphatic heterocycles. The molecule has 0 unspecified atom stereocenters. The van der Waals surface area contributed by atoms with E-state index in [0.29, 0.717) is 12.1 Å². The molecule has 0 bridgehead atoms. The first-order valence-electron chi connectivity index (χ1n) is 8.20. The SMILES string of the molecule is CN=C(NCCCn1cccn1)NCC(C)(C)c1ccccc1F.I. The van der Waals surface area contributed by atoms with Crippen LogP contribution in [0.4, 0.5) is 4.39 Å². The zero-order valence-electron chi connectivity index (χ0n) is 15.0. The van der Waals surface area contributed by atoms with Crippen molar-refractivity contribution >= 4 is 29.9 Å². The molecule has 2 aromatic rings. The molecule has 1 aromatic carbocycles. The number of nitrogens with one attached hydrogen (secondary N) is 2. The smallest absolute Gasteiger partial charge is 0.191 e. The fourth-order valence-corrected chi connectivity index (χ4v) is 2.51. The summed E-state index contributed by atoms with van der Waals surface area (Å²) in [7, 11) is 1.74. The maximum absolute atomic E-state index is 14.0. The molecule has 5 nitrogen and oxygen atoms in total. The predicted molar refractivity (Wildman–Crippen MR) is 111 cm³/mol. The summed E-state index contributed by atoms with van der Waals surface area (Å²) in [4.78, 5) is 4.22. The lowest BCUT2D eigenvalue weighted by molar-refractivity contribution is 0.472. The highest BCUT2D eigenvalue weighted by Crippen LogP contribution is 2.24. The highest BCUT2D eigenvalue weighted by Gasteiger charge is 2.24. The molecule has 0 aliphatic carbocycles. The first-order valence-corrected chi connectivity index (χ1v) is 8.20. The van der Waals surface area contributed by atoms with Gasteiger partial charge in [-0.05, 0) is 24.1 Å².